The molecule has 0 bridgehead atoms. The highest BCUT2D eigenvalue weighted by molar-refractivity contribution is 5.06. The van der Waals surface area contributed by atoms with E-state index in [1.807, 2.05) is 0 Å². The lowest BCUT2D eigenvalue weighted by atomic mass is 10.3. The number of hydrogen-bond acceptors (Lipinski definition) is 3. The van der Waals surface area contributed by atoms with E-state index < -0.39 is 0 Å². The van der Waals surface area contributed by atoms with Crippen LogP contribution in [0, 0.1) is 0 Å². The lowest BCUT2D eigenvalue weighted by molar-refractivity contribution is 0.257. The molecule has 0 aromatic carbocycles. The van der Waals surface area contributed by atoms with Gasteiger partial charge in [-0.3, -0.25) is 4.90 Å². The quantitative estimate of drug-likeness (QED) is 0.818. The topological polar surface area (TPSA) is 28.4 Å². The Morgan fingerprint density at radius 2 is 2.13 bits per heavy atom. The van der Waals surface area contributed by atoms with Crippen LogP contribution >= 0.6 is 0 Å². The van der Waals surface area contributed by atoms with Gasteiger partial charge in [-0.1, -0.05) is 6.92 Å². The Morgan fingerprint density at radius 3 is 2.93 bits per heavy atom. The number of nitrogens with zero attached hydrogens (tertiary/aromatic N) is 1. The van der Waals surface area contributed by atoms with Gasteiger partial charge in [0.05, 0.1) is 6.54 Å². The molecule has 1 aromatic rings. The largest absolute Gasteiger partial charge is 0.465 e. The maximum absolute atomic E-state index is 5.71. The summed E-state index contributed by atoms with van der Waals surface area (Å²) in [6.07, 6.45) is 2.23. The molecule has 3 nitrogen and oxygen atoms in total. The van der Waals surface area contributed by atoms with Crippen molar-refractivity contribution in [2.45, 2.75) is 26.3 Å². The second-order valence-electron chi connectivity index (χ2n) is 4.10. The standard InChI is InChI=1S/C12H20N2O/c1-2-11-4-5-12(15-11)10-14-8-3-6-13-7-9-14/h4-5,13H,2-3,6-10H2,1H3. The summed E-state index contributed by atoms with van der Waals surface area (Å²) in [5.74, 6) is 2.20. The maximum Gasteiger partial charge on any atom is 0.118 e. The van der Waals surface area contributed by atoms with Crippen molar-refractivity contribution in [1.82, 2.24) is 10.2 Å². The molecule has 1 saturated heterocycles. The first kappa shape index (κ1) is 10.7. The molecular formula is C12H20N2O. The average Bonchev–Trinajstić information content (AvgIpc) is 2.54. The van der Waals surface area contributed by atoms with E-state index in [1.165, 1.54) is 13.0 Å². The third-order valence-electron chi connectivity index (χ3n) is 2.88. The maximum atomic E-state index is 5.71. The molecule has 3 heteroatoms. The van der Waals surface area contributed by atoms with Crippen LogP contribution in [0.2, 0.25) is 0 Å². The first-order chi connectivity index (χ1) is 7.38. The Morgan fingerprint density at radius 1 is 1.27 bits per heavy atom. The first-order valence-corrected chi connectivity index (χ1v) is 5.89. The Bertz CT molecular complexity index is 288. The summed E-state index contributed by atoms with van der Waals surface area (Å²) in [5, 5.41) is 3.41. The van der Waals surface area contributed by atoms with Gasteiger partial charge in [-0.15, -0.1) is 0 Å². The van der Waals surface area contributed by atoms with E-state index >= 15 is 0 Å². The van der Waals surface area contributed by atoms with Crippen LogP contribution in [0.5, 0.6) is 0 Å². The molecule has 0 atom stereocenters. The van der Waals surface area contributed by atoms with Crippen LogP contribution < -0.4 is 5.32 Å². The molecular weight excluding hydrogens is 188 g/mol. The van der Waals surface area contributed by atoms with E-state index in [-0.39, 0.29) is 0 Å². The Kier molecular flexibility index (Phi) is 3.80. The van der Waals surface area contributed by atoms with Crippen LogP contribution in [0.15, 0.2) is 16.5 Å². The zero-order valence-electron chi connectivity index (χ0n) is 9.46. The van der Waals surface area contributed by atoms with Gasteiger partial charge >= 0.3 is 0 Å². The second-order valence-corrected chi connectivity index (χ2v) is 4.10. The molecule has 2 rings (SSSR count). The van der Waals surface area contributed by atoms with Gasteiger partial charge in [0, 0.05) is 19.5 Å². The minimum Gasteiger partial charge on any atom is -0.465 e. The van der Waals surface area contributed by atoms with Crippen molar-refractivity contribution in [3.05, 3.63) is 23.7 Å². The number of rotatable bonds is 3. The van der Waals surface area contributed by atoms with Crippen LogP contribution in [0.25, 0.3) is 0 Å². The molecule has 0 amide bonds. The summed E-state index contributed by atoms with van der Waals surface area (Å²) in [4.78, 5) is 2.46. The van der Waals surface area contributed by atoms with Crippen molar-refractivity contribution in [2.24, 2.45) is 0 Å². The second kappa shape index (κ2) is 5.33. The van der Waals surface area contributed by atoms with Gasteiger partial charge in [-0.2, -0.15) is 0 Å². The van der Waals surface area contributed by atoms with Crippen molar-refractivity contribution in [1.29, 1.82) is 0 Å². The van der Waals surface area contributed by atoms with Gasteiger partial charge in [0.2, 0.25) is 0 Å². The van der Waals surface area contributed by atoms with Crippen LogP contribution in [-0.4, -0.2) is 31.1 Å². The van der Waals surface area contributed by atoms with Crippen LogP contribution in [0.1, 0.15) is 24.9 Å². The van der Waals surface area contributed by atoms with Gasteiger partial charge < -0.3 is 9.73 Å². The molecule has 1 aliphatic rings. The fourth-order valence-corrected chi connectivity index (χ4v) is 1.98. The third kappa shape index (κ3) is 3.08. The van der Waals surface area contributed by atoms with E-state index in [4.69, 9.17) is 4.42 Å². The first-order valence-electron chi connectivity index (χ1n) is 5.89. The lowest BCUT2D eigenvalue weighted by Crippen LogP contribution is -2.27. The molecule has 1 aromatic heterocycles. The predicted octanol–water partition coefficient (Wildman–Crippen LogP) is 1.64. The number of aryl methyl sites for hydroxylation is 1. The summed E-state index contributed by atoms with van der Waals surface area (Å²) in [6.45, 7) is 7.63. The Hall–Kier alpha value is -0.800. The van der Waals surface area contributed by atoms with Crippen molar-refractivity contribution in [3.63, 3.8) is 0 Å². The molecule has 0 spiro atoms. The van der Waals surface area contributed by atoms with Crippen molar-refractivity contribution in [3.8, 4) is 0 Å². The van der Waals surface area contributed by atoms with Gasteiger partial charge in [-0.05, 0) is 31.6 Å². The normalized spacial score (nSPS) is 19.0. The zero-order valence-corrected chi connectivity index (χ0v) is 9.46. The van der Waals surface area contributed by atoms with Gasteiger partial charge in [0.15, 0.2) is 0 Å². The molecule has 15 heavy (non-hydrogen) atoms. The SMILES string of the molecule is CCc1ccc(CN2CCCNCC2)o1. The molecule has 0 unspecified atom stereocenters. The highest BCUT2D eigenvalue weighted by atomic mass is 16.3. The molecule has 1 aliphatic heterocycles. The molecule has 2 heterocycles. The van der Waals surface area contributed by atoms with E-state index in [1.54, 1.807) is 0 Å². The highest BCUT2D eigenvalue weighted by Gasteiger charge is 2.10. The third-order valence-corrected chi connectivity index (χ3v) is 2.88. The zero-order chi connectivity index (χ0) is 10.5. The van der Waals surface area contributed by atoms with Crippen molar-refractivity contribution in [2.75, 3.05) is 26.2 Å². The van der Waals surface area contributed by atoms with Gasteiger partial charge in [0.25, 0.3) is 0 Å². The van der Waals surface area contributed by atoms with Gasteiger partial charge in [-0.25, -0.2) is 0 Å². The number of hydrogen-bond donors (Lipinski definition) is 1. The van der Waals surface area contributed by atoms with Crippen molar-refractivity contribution >= 4 is 0 Å². The van der Waals surface area contributed by atoms with Crippen molar-refractivity contribution < 1.29 is 4.42 Å². The Labute approximate surface area is 91.4 Å². The smallest absolute Gasteiger partial charge is 0.118 e. The molecule has 1 N–H and O–H groups in total. The van der Waals surface area contributed by atoms with E-state index in [0.717, 1.165) is 44.1 Å². The van der Waals surface area contributed by atoms with Crippen LogP contribution in [0.4, 0.5) is 0 Å². The van der Waals surface area contributed by atoms with E-state index in [0.29, 0.717) is 0 Å². The van der Waals surface area contributed by atoms with Crippen LogP contribution in [-0.2, 0) is 13.0 Å². The van der Waals surface area contributed by atoms with Crippen LogP contribution in [0.3, 0.4) is 0 Å². The predicted molar refractivity (Wildman–Crippen MR) is 60.8 cm³/mol. The summed E-state index contributed by atoms with van der Waals surface area (Å²) in [6, 6.07) is 4.20. The molecule has 84 valence electrons. The molecule has 0 saturated carbocycles. The van der Waals surface area contributed by atoms with E-state index in [9.17, 15) is 0 Å². The van der Waals surface area contributed by atoms with Gasteiger partial charge in [0.1, 0.15) is 11.5 Å². The summed E-state index contributed by atoms with van der Waals surface area (Å²) in [5.41, 5.74) is 0. The Balaban J connectivity index is 1.89. The highest BCUT2D eigenvalue weighted by Crippen LogP contribution is 2.11. The lowest BCUT2D eigenvalue weighted by Gasteiger charge is -2.17. The summed E-state index contributed by atoms with van der Waals surface area (Å²) < 4.78 is 5.71. The monoisotopic (exact) mass is 208 g/mol. The minimum absolute atomic E-state index is 0.960. The number of furan rings is 1. The molecule has 0 aliphatic carbocycles. The fraction of sp³-hybridized carbons (Fsp3) is 0.667. The average molecular weight is 208 g/mol. The minimum atomic E-state index is 0.960. The molecule has 1 fully saturated rings. The molecule has 0 radical (unpaired) electrons. The summed E-state index contributed by atoms with van der Waals surface area (Å²) >= 11 is 0. The fourth-order valence-electron chi connectivity index (χ4n) is 1.98. The summed E-state index contributed by atoms with van der Waals surface area (Å²) in [7, 11) is 0. The number of nitrogens with one attached hydrogen (secondary N) is 1. The van der Waals surface area contributed by atoms with E-state index in [2.05, 4.69) is 29.3 Å².